The molecule has 2 N–H and O–H groups in total. The van der Waals surface area contributed by atoms with Crippen molar-refractivity contribution in [2.24, 2.45) is 5.92 Å². The molecule has 0 spiro atoms. The Morgan fingerprint density at radius 2 is 1.86 bits per heavy atom. The highest BCUT2D eigenvalue weighted by Gasteiger charge is 2.04. The number of hydrogen-bond acceptors (Lipinski definition) is 2. The zero-order valence-corrected chi connectivity index (χ0v) is 8.23. The van der Waals surface area contributed by atoms with Crippen LogP contribution in [-0.4, -0.2) is 22.2 Å². The molecule has 0 atom stereocenters. The zero-order chi connectivity index (χ0) is 11.1. The first-order valence-corrected chi connectivity index (χ1v) is 4.28. The summed E-state index contributed by atoms with van der Waals surface area (Å²) in [5.74, 6) is -2.06. The summed E-state index contributed by atoms with van der Waals surface area (Å²) in [4.78, 5) is 20.8. The molecule has 0 saturated heterocycles. The lowest BCUT2D eigenvalue weighted by Gasteiger charge is -1.97. The molecule has 4 heteroatoms. The third-order valence-corrected chi connectivity index (χ3v) is 1.43. The maximum absolute atomic E-state index is 10.5. The Labute approximate surface area is 82.6 Å². The summed E-state index contributed by atoms with van der Waals surface area (Å²) in [5, 5.41) is 17.0. The van der Waals surface area contributed by atoms with Crippen molar-refractivity contribution >= 4 is 11.9 Å². The summed E-state index contributed by atoms with van der Waals surface area (Å²) in [6, 6.07) is 0. The second-order valence-electron chi connectivity index (χ2n) is 3.27. The fourth-order valence-corrected chi connectivity index (χ4v) is 0.781. The van der Waals surface area contributed by atoms with E-state index in [1.165, 1.54) is 6.08 Å². The first-order chi connectivity index (χ1) is 6.43. The fraction of sp³-hybridized carbons (Fsp3) is 0.400. The van der Waals surface area contributed by atoms with Gasteiger partial charge in [-0.1, -0.05) is 26.0 Å². The summed E-state index contributed by atoms with van der Waals surface area (Å²) in [5.41, 5.74) is -0.210. The van der Waals surface area contributed by atoms with E-state index < -0.39 is 11.9 Å². The molecule has 78 valence electrons. The standard InChI is InChI=1S/C10H14O4/c1-7(2)4-3-5-8(10(13)14)6-9(11)12/h3,5-7H,4H2,1-2H3,(H,11,12)(H,13,14)/b5-3?,8-6+. The summed E-state index contributed by atoms with van der Waals surface area (Å²) in [7, 11) is 0. The summed E-state index contributed by atoms with van der Waals surface area (Å²) >= 11 is 0. The summed E-state index contributed by atoms with van der Waals surface area (Å²) < 4.78 is 0. The molecule has 0 aromatic carbocycles. The van der Waals surface area contributed by atoms with Crippen LogP contribution in [0.25, 0.3) is 0 Å². The van der Waals surface area contributed by atoms with Gasteiger partial charge in [0.05, 0.1) is 5.57 Å². The van der Waals surface area contributed by atoms with Gasteiger partial charge in [0.2, 0.25) is 0 Å². The van der Waals surface area contributed by atoms with Crippen molar-refractivity contribution < 1.29 is 19.8 Å². The second-order valence-corrected chi connectivity index (χ2v) is 3.27. The van der Waals surface area contributed by atoms with Crippen LogP contribution in [0.2, 0.25) is 0 Å². The van der Waals surface area contributed by atoms with Crippen LogP contribution in [0.4, 0.5) is 0 Å². The van der Waals surface area contributed by atoms with Gasteiger partial charge in [0, 0.05) is 6.08 Å². The predicted octanol–water partition coefficient (Wildman–Crippen LogP) is 1.68. The predicted molar refractivity (Wildman–Crippen MR) is 51.9 cm³/mol. The first-order valence-electron chi connectivity index (χ1n) is 4.28. The van der Waals surface area contributed by atoms with Crippen LogP contribution in [0.15, 0.2) is 23.8 Å². The van der Waals surface area contributed by atoms with Crippen molar-refractivity contribution in [3.8, 4) is 0 Å². The fourth-order valence-electron chi connectivity index (χ4n) is 0.781. The minimum absolute atomic E-state index is 0.210. The number of aliphatic carboxylic acids is 2. The smallest absolute Gasteiger partial charge is 0.335 e. The van der Waals surface area contributed by atoms with Gasteiger partial charge in [-0.15, -0.1) is 0 Å². The van der Waals surface area contributed by atoms with Crippen molar-refractivity contribution in [2.75, 3.05) is 0 Å². The van der Waals surface area contributed by atoms with Gasteiger partial charge in [-0.25, -0.2) is 9.59 Å². The number of carboxylic acids is 2. The van der Waals surface area contributed by atoms with Gasteiger partial charge in [-0.2, -0.15) is 0 Å². The van der Waals surface area contributed by atoms with E-state index in [0.29, 0.717) is 12.0 Å². The first kappa shape index (κ1) is 12.4. The second kappa shape index (κ2) is 5.96. The van der Waals surface area contributed by atoms with Gasteiger partial charge >= 0.3 is 11.9 Å². The number of allylic oxidation sites excluding steroid dienone is 1. The Morgan fingerprint density at radius 3 is 2.21 bits per heavy atom. The molecule has 0 aliphatic rings. The molecule has 0 heterocycles. The average molecular weight is 198 g/mol. The molecule has 0 unspecified atom stereocenters. The molecule has 0 amide bonds. The molecule has 0 bridgehead atoms. The van der Waals surface area contributed by atoms with Crippen LogP contribution in [0.1, 0.15) is 20.3 Å². The van der Waals surface area contributed by atoms with Gasteiger partial charge in [-0.05, 0) is 12.3 Å². The van der Waals surface area contributed by atoms with Gasteiger partial charge in [0.1, 0.15) is 0 Å². The van der Waals surface area contributed by atoms with Crippen LogP contribution < -0.4 is 0 Å². The molecule has 0 fully saturated rings. The third kappa shape index (κ3) is 5.99. The van der Waals surface area contributed by atoms with E-state index in [1.54, 1.807) is 6.08 Å². The maximum Gasteiger partial charge on any atom is 0.335 e. The van der Waals surface area contributed by atoms with Crippen LogP contribution in [0.5, 0.6) is 0 Å². The summed E-state index contributed by atoms with van der Waals surface area (Å²) in [6.07, 6.45) is 4.38. The Bertz CT molecular complexity index is 274. The van der Waals surface area contributed by atoms with Crippen molar-refractivity contribution in [2.45, 2.75) is 20.3 Å². The van der Waals surface area contributed by atoms with Crippen molar-refractivity contribution in [1.29, 1.82) is 0 Å². The number of carboxylic acid groups (broad SMARTS) is 2. The molecule has 0 aromatic rings. The lowest BCUT2D eigenvalue weighted by atomic mass is 10.1. The molecule has 0 aliphatic carbocycles. The van der Waals surface area contributed by atoms with E-state index in [1.807, 2.05) is 13.8 Å². The van der Waals surface area contributed by atoms with E-state index in [9.17, 15) is 9.59 Å². The zero-order valence-electron chi connectivity index (χ0n) is 8.23. The normalized spacial score (nSPS) is 12.4. The number of rotatable bonds is 5. The third-order valence-electron chi connectivity index (χ3n) is 1.43. The van der Waals surface area contributed by atoms with Crippen molar-refractivity contribution in [3.63, 3.8) is 0 Å². The topological polar surface area (TPSA) is 74.6 Å². The molecule has 14 heavy (non-hydrogen) atoms. The van der Waals surface area contributed by atoms with Crippen LogP contribution >= 0.6 is 0 Å². The molecule has 0 radical (unpaired) electrons. The average Bonchev–Trinajstić information content (AvgIpc) is 2.00. The maximum atomic E-state index is 10.5. The lowest BCUT2D eigenvalue weighted by Crippen LogP contribution is -2.01. The lowest BCUT2D eigenvalue weighted by molar-refractivity contribution is -0.134. The Hall–Kier alpha value is -1.58. The quantitative estimate of drug-likeness (QED) is 0.520. The van der Waals surface area contributed by atoms with Crippen LogP contribution in [0.3, 0.4) is 0 Å². The summed E-state index contributed by atoms with van der Waals surface area (Å²) in [6.45, 7) is 3.98. The highest BCUT2D eigenvalue weighted by Crippen LogP contribution is 2.04. The largest absolute Gasteiger partial charge is 0.478 e. The van der Waals surface area contributed by atoms with Gasteiger partial charge < -0.3 is 10.2 Å². The number of carbonyl (C=O) groups is 2. The Kier molecular flexibility index (Phi) is 5.29. The van der Waals surface area contributed by atoms with Crippen LogP contribution in [0, 0.1) is 5.92 Å². The van der Waals surface area contributed by atoms with E-state index in [4.69, 9.17) is 10.2 Å². The molecular formula is C10H14O4. The van der Waals surface area contributed by atoms with E-state index in [-0.39, 0.29) is 5.57 Å². The minimum atomic E-state index is -1.25. The van der Waals surface area contributed by atoms with Crippen molar-refractivity contribution in [1.82, 2.24) is 0 Å². The Morgan fingerprint density at radius 1 is 1.29 bits per heavy atom. The van der Waals surface area contributed by atoms with Gasteiger partial charge in [0.15, 0.2) is 0 Å². The van der Waals surface area contributed by atoms with Crippen LogP contribution in [-0.2, 0) is 9.59 Å². The van der Waals surface area contributed by atoms with E-state index >= 15 is 0 Å². The SMILES string of the molecule is CC(C)CC=C/C(=C\C(=O)O)C(=O)O. The molecular weight excluding hydrogens is 184 g/mol. The molecule has 0 aromatic heterocycles. The molecule has 0 saturated carbocycles. The number of hydrogen-bond donors (Lipinski definition) is 2. The molecule has 0 aliphatic heterocycles. The minimum Gasteiger partial charge on any atom is -0.478 e. The highest BCUT2D eigenvalue weighted by atomic mass is 16.4. The Balaban J connectivity index is 4.47. The van der Waals surface area contributed by atoms with Gasteiger partial charge in [0.25, 0.3) is 0 Å². The van der Waals surface area contributed by atoms with Crippen molar-refractivity contribution in [3.05, 3.63) is 23.8 Å². The van der Waals surface area contributed by atoms with E-state index in [0.717, 1.165) is 6.42 Å². The van der Waals surface area contributed by atoms with Gasteiger partial charge in [-0.3, -0.25) is 0 Å². The highest BCUT2D eigenvalue weighted by molar-refractivity contribution is 5.96. The monoisotopic (exact) mass is 198 g/mol. The van der Waals surface area contributed by atoms with E-state index in [2.05, 4.69) is 0 Å². The molecule has 4 nitrogen and oxygen atoms in total. The molecule has 0 rings (SSSR count).